The number of aromatic nitrogens is 1. The number of hydrogen-bond acceptors (Lipinski definition) is 12. The first-order chi connectivity index (χ1) is 31.9. The topological polar surface area (TPSA) is 224 Å². The highest BCUT2D eigenvalue weighted by molar-refractivity contribution is 7.89. The summed E-state index contributed by atoms with van der Waals surface area (Å²) in [6.07, 6.45) is -1.07. The van der Waals surface area contributed by atoms with Crippen LogP contribution in [0.2, 0.25) is 0 Å². The first-order valence-corrected chi connectivity index (χ1v) is 23.5. The molecule has 0 saturated carbocycles. The molecule has 66 heavy (non-hydrogen) atoms. The minimum absolute atomic E-state index is 0.0177. The molecule has 5 aromatic rings. The smallest absolute Gasteiger partial charge is 0.410 e. The number of Topliss-reactive ketones (excluding diaryl/α,β-unsaturated/α-hetero) is 1. The van der Waals surface area contributed by atoms with Crippen molar-refractivity contribution in [2.24, 2.45) is 5.73 Å². The van der Waals surface area contributed by atoms with Crippen molar-refractivity contribution in [1.82, 2.24) is 29.7 Å². The molecule has 0 radical (unpaired) electrons. The van der Waals surface area contributed by atoms with Gasteiger partial charge in [0.2, 0.25) is 27.6 Å². The maximum Gasteiger partial charge on any atom is 0.410 e. The predicted molar refractivity (Wildman–Crippen MR) is 245 cm³/mol. The van der Waals surface area contributed by atoms with Crippen LogP contribution < -0.4 is 16.4 Å². The Balaban J connectivity index is 1.23. The van der Waals surface area contributed by atoms with E-state index in [4.69, 9.17) is 19.6 Å². The number of oxazole rings is 1. The Morgan fingerprint density at radius 3 is 2.15 bits per heavy atom. The van der Waals surface area contributed by atoms with Crippen molar-refractivity contribution < 1.29 is 46.3 Å². The van der Waals surface area contributed by atoms with Gasteiger partial charge in [0.05, 0.1) is 17.5 Å². The zero-order valence-corrected chi connectivity index (χ0v) is 37.9. The number of ether oxygens (including phenoxy) is 2. The van der Waals surface area contributed by atoms with Gasteiger partial charge in [0.25, 0.3) is 5.89 Å². The van der Waals surface area contributed by atoms with Crippen LogP contribution in [0.3, 0.4) is 0 Å². The van der Waals surface area contributed by atoms with Gasteiger partial charge < -0.3 is 40.1 Å². The molecular formula is C48H57N7O10S. The Labute approximate surface area is 384 Å². The molecule has 18 heteroatoms. The average Bonchev–Trinajstić information content (AvgIpc) is 3.97. The van der Waals surface area contributed by atoms with Crippen LogP contribution >= 0.6 is 0 Å². The second-order valence-corrected chi connectivity index (χ2v) is 18.0. The number of rotatable bonds is 22. The van der Waals surface area contributed by atoms with E-state index in [-0.39, 0.29) is 62.8 Å². The van der Waals surface area contributed by atoms with Gasteiger partial charge in [-0.3, -0.25) is 14.4 Å². The summed E-state index contributed by atoms with van der Waals surface area (Å²) in [7, 11) is -2.42. The summed E-state index contributed by atoms with van der Waals surface area (Å²) in [5.74, 6) is -2.10. The Morgan fingerprint density at radius 1 is 0.833 bits per heavy atom. The van der Waals surface area contributed by atoms with Gasteiger partial charge in [-0.15, -0.1) is 0 Å². The molecule has 1 aliphatic heterocycles. The molecule has 2 heterocycles. The van der Waals surface area contributed by atoms with E-state index >= 15 is 0 Å². The van der Waals surface area contributed by atoms with Crippen LogP contribution in [-0.4, -0.2) is 121 Å². The van der Waals surface area contributed by atoms with E-state index in [1.165, 1.54) is 29.0 Å². The molecule has 1 fully saturated rings. The lowest BCUT2D eigenvalue weighted by molar-refractivity contribution is -0.140. The third-order valence-electron chi connectivity index (χ3n) is 11.3. The van der Waals surface area contributed by atoms with Crippen molar-refractivity contribution in [3.05, 3.63) is 132 Å². The Bertz CT molecular complexity index is 2480. The van der Waals surface area contributed by atoms with Crippen LogP contribution in [0.15, 0.2) is 125 Å². The van der Waals surface area contributed by atoms with E-state index in [2.05, 4.69) is 15.6 Å². The van der Waals surface area contributed by atoms with Gasteiger partial charge in [-0.25, -0.2) is 23.0 Å². The molecule has 6 rings (SSSR count). The normalized spacial score (nSPS) is 15.8. The molecule has 4 atom stereocenters. The number of nitrogens with two attached hydrogens (primary N) is 1. The van der Waals surface area contributed by atoms with Crippen molar-refractivity contribution in [3.8, 4) is 0 Å². The SMILES string of the molecule is CCN(CCN(C)S(=O)(=O)c1ccccc1)C(=O)O[C@@H]1C[C@@H](C(=O)N[C@@H](CCCCN)C(=O)c2nc3ccccc3o2)N(C(=O)[C@@H](CCc2ccccc2)NC(=O)OCc2ccccc2)C1. The average molecular weight is 924 g/mol. The van der Waals surface area contributed by atoms with E-state index in [1.807, 2.05) is 48.5 Å². The number of carbonyl (C=O) groups is 5. The van der Waals surface area contributed by atoms with E-state index < -0.39 is 64.0 Å². The van der Waals surface area contributed by atoms with E-state index in [0.717, 1.165) is 15.4 Å². The number of nitrogens with one attached hydrogen (secondary N) is 2. The largest absolute Gasteiger partial charge is 0.445 e. The van der Waals surface area contributed by atoms with Gasteiger partial charge in [0.15, 0.2) is 5.58 Å². The summed E-state index contributed by atoms with van der Waals surface area (Å²) in [6, 6.07) is 29.7. The number of hydrogen-bond donors (Lipinski definition) is 3. The predicted octanol–water partition coefficient (Wildman–Crippen LogP) is 5.30. The molecule has 1 aromatic heterocycles. The lowest BCUT2D eigenvalue weighted by Gasteiger charge is -2.29. The quantitative estimate of drug-likeness (QED) is 0.0594. The third-order valence-corrected chi connectivity index (χ3v) is 13.2. The number of ketones is 1. The van der Waals surface area contributed by atoms with Crippen LogP contribution in [0.5, 0.6) is 0 Å². The molecule has 4 amide bonds. The van der Waals surface area contributed by atoms with Crippen molar-refractivity contribution in [2.75, 3.05) is 39.8 Å². The fourth-order valence-electron chi connectivity index (χ4n) is 7.60. The fourth-order valence-corrected chi connectivity index (χ4v) is 8.78. The number of sulfonamides is 1. The first-order valence-electron chi connectivity index (χ1n) is 22.1. The Morgan fingerprint density at radius 2 is 1.48 bits per heavy atom. The van der Waals surface area contributed by atoms with E-state index in [0.29, 0.717) is 36.9 Å². The van der Waals surface area contributed by atoms with Gasteiger partial charge in [0.1, 0.15) is 30.3 Å². The number of amides is 4. The minimum atomic E-state index is -3.84. The molecule has 17 nitrogen and oxygen atoms in total. The minimum Gasteiger partial charge on any atom is -0.445 e. The third kappa shape index (κ3) is 13.0. The monoisotopic (exact) mass is 923 g/mol. The summed E-state index contributed by atoms with van der Waals surface area (Å²) in [6.45, 7) is 1.88. The number of para-hydroxylation sites is 2. The maximum atomic E-state index is 14.8. The van der Waals surface area contributed by atoms with E-state index in [1.54, 1.807) is 61.5 Å². The summed E-state index contributed by atoms with van der Waals surface area (Å²) in [4.78, 5) is 77.5. The van der Waals surface area contributed by atoms with Gasteiger partial charge in [-0.05, 0) is 81.0 Å². The fraction of sp³-hybridized carbons (Fsp3) is 0.375. The summed E-state index contributed by atoms with van der Waals surface area (Å²) < 4.78 is 44.8. The molecule has 4 N–H and O–H groups in total. The summed E-state index contributed by atoms with van der Waals surface area (Å²) >= 11 is 0. The number of aryl methyl sites for hydroxylation is 1. The number of fused-ring (bicyclic) bond motifs is 1. The Kier molecular flexibility index (Phi) is 17.4. The number of likely N-dealkylation sites (tertiary alicyclic amines) is 1. The summed E-state index contributed by atoms with van der Waals surface area (Å²) in [5, 5.41) is 5.56. The number of alkyl carbamates (subject to hydrolysis) is 1. The van der Waals surface area contributed by atoms with Crippen LogP contribution in [0.25, 0.3) is 11.1 Å². The molecule has 0 spiro atoms. The number of carbonyl (C=O) groups excluding carboxylic acids is 5. The van der Waals surface area contributed by atoms with E-state index in [9.17, 15) is 32.4 Å². The number of unbranched alkanes of at least 4 members (excludes halogenated alkanes) is 1. The van der Waals surface area contributed by atoms with Gasteiger partial charge in [-0.2, -0.15) is 4.31 Å². The molecule has 1 aliphatic rings. The Hall–Kier alpha value is -6.63. The first kappa shape index (κ1) is 48.8. The van der Waals surface area contributed by atoms with Crippen molar-refractivity contribution in [3.63, 3.8) is 0 Å². The zero-order valence-electron chi connectivity index (χ0n) is 37.1. The van der Waals surface area contributed by atoms with Gasteiger partial charge >= 0.3 is 12.2 Å². The second-order valence-electron chi connectivity index (χ2n) is 15.9. The van der Waals surface area contributed by atoms with Crippen molar-refractivity contribution in [1.29, 1.82) is 0 Å². The molecular weight excluding hydrogens is 867 g/mol. The lowest BCUT2D eigenvalue weighted by Crippen LogP contribution is -2.55. The lowest BCUT2D eigenvalue weighted by atomic mass is 10.0. The van der Waals surface area contributed by atoms with Crippen LogP contribution in [0, 0.1) is 0 Å². The molecule has 0 unspecified atom stereocenters. The zero-order chi connectivity index (χ0) is 47.1. The van der Waals surface area contributed by atoms with Crippen LogP contribution in [0.1, 0.15) is 60.8 Å². The summed E-state index contributed by atoms with van der Waals surface area (Å²) in [5.41, 5.74) is 8.28. The van der Waals surface area contributed by atoms with Gasteiger partial charge in [-0.1, -0.05) is 91.0 Å². The van der Waals surface area contributed by atoms with Crippen LogP contribution in [0.4, 0.5) is 9.59 Å². The van der Waals surface area contributed by atoms with Crippen LogP contribution in [-0.2, 0) is 42.1 Å². The molecule has 1 saturated heterocycles. The van der Waals surface area contributed by atoms with Gasteiger partial charge in [0, 0.05) is 33.1 Å². The maximum absolute atomic E-state index is 14.8. The van der Waals surface area contributed by atoms with Crippen molar-refractivity contribution in [2.45, 2.75) is 81.2 Å². The standard InChI is InChI=1S/C48H57N7O10S/c1-3-54(30-29-53(2)66(61,62)37-21-11-6-12-22-37)48(60)64-36-31-41(44(57)50-39(24-15-16-28-49)43(56)45-51-38-23-13-14-25-42(38)65-45)55(32-36)46(58)40(27-26-34-17-7-4-8-18-34)52-47(59)63-33-35-19-9-5-10-20-35/h4-14,17-23,25,36,39-41H,3,15-16,24,26-33,49H2,1-2H3,(H,50,57)(H,52,59)/t36-,39+,40-,41+/m1/s1. The molecule has 350 valence electrons. The highest BCUT2D eigenvalue weighted by Gasteiger charge is 2.45. The molecule has 0 bridgehead atoms. The number of likely N-dealkylation sites (N-methyl/N-ethyl adjacent to an activating group) is 2. The molecule has 4 aromatic carbocycles. The highest BCUT2D eigenvalue weighted by Crippen LogP contribution is 2.25. The second kappa shape index (κ2) is 23.5. The van der Waals surface area contributed by atoms with Crippen molar-refractivity contribution >= 4 is 50.9 Å². The highest BCUT2D eigenvalue weighted by atomic mass is 32.2. The number of nitrogens with zero attached hydrogens (tertiary/aromatic N) is 4. The number of benzene rings is 4. The molecule has 0 aliphatic carbocycles.